The van der Waals surface area contributed by atoms with E-state index in [1.54, 1.807) is 18.2 Å². The first-order valence-electron chi connectivity index (χ1n) is 13.0. The molecule has 7 nitrogen and oxygen atoms in total. The van der Waals surface area contributed by atoms with Gasteiger partial charge in [0.05, 0.1) is 23.1 Å². The van der Waals surface area contributed by atoms with E-state index in [-0.39, 0.29) is 41.0 Å². The Morgan fingerprint density at radius 1 is 0.895 bits per heavy atom. The zero-order valence-electron chi connectivity index (χ0n) is 21.0. The first kappa shape index (κ1) is 24.1. The van der Waals surface area contributed by atoms with Gasteiger partial charge in [-0.2, -0.15) is 0 Å². The molecule has 2 bridgehead atoms. The van der Waals surface area contributed by atoms with Crippen molar-refractivity contribution < 1.29 is 23.9 Å². The molecule has 1 saturated heterocycles. The molecule has 192 valence electrons. The Labute approximate surface area is 220 Å². The van der Waals surface area contributed by atoms with E-state index < -0.39 is 18.5 Å². The van der Waals surface area contributed by atoms with Crippen LogP contribution in [0.5, 0.6) is 0 Å². The fourth-order valence-electron chi connectivity index (χ4n) is 6.68. The van der Waals surface area contributed by atoms with Gasteiger partial charge in [-0.25, -0.2) is 4.79 Å². The maximum absolute atomic E-state index is 13.5. The lowest BCUT2D eigenvalue weighted by Crippen LogP contribution is -2.33. The molecule has 5 atom stereocenters. The predicted octanol–water partition coefficient (Wildman–Crippen LogP) is 4.72. The van der Waals surface area contributed by atoms with Crippen molar-refractivity contribution in [2.75, 3.05) is 16.8 Å². The van der Waals surface area contributed by atoms with Crippen LogP contribution in [0.15, 0.2) is 78.9 Å². The first-order valence-corrected chi connectivity index (χ1v) is 13.0. The number of esters is 1. The number of hydrogen-bond acceptors (Lipinski definition) is 5. The van der Waals surface area contributed by atoms with Crippen molar-refractivity contribution in [1.29, 1.82) is 0 Å². The molecule has 3 aliphatic rings. The molecule has 3 amide bonds. The lowest BCUT2D eigenvalue weighted by atomic mass is 9.73. The van der Waals surface area contributed by atoms with Crippen LogP contribution in [0.3, 0.4) is 0 Å². The van der Waals surface area contributed by atoms with Gasteiger partial charge in [0.2, 0.25) is 11.8 Å². The number of anilines is 2. The second kappa shape index (κ2) is 9.56. The summed E-state index contributed by atoms with van der Waals surface area (Å²) in [6, 6.07) is 23.8. The van der Waals surface area contributed by atoms with E-state index >= 15 is 0 Å². The summed E-state index contributed by atoms with van der Waals surface area (Å²) >= 11 is 0. The highest BCUT2D eigenvalue weighted by Gasteiger charge is 2.64. The molecule has 7 heteroatoms. The minimum absolute atomic E-state index is 0.137. The van der Waals surface area contributed by atoms with Crippen LogP contribution in [-0.2, 0) is 19.1 Å². The van der Waals surface area contributed by atoms with Gasteiger partial charge in [0, 0.05) is 5.69 Å². The number of fused-ring (bicyclic) bond motifs is 5. The largest absolute Gasteiger partial charge is 0.452 e. The standard InChI is InChI=1S/C31H28N2O5/c1-18-6-5-9-22(14-18)32-26(34)17-38-31(37)20-10-12-23(13-11-20)33-29(35)27-21-15-24(19-7-3-2-4-8-19)25(16-21)28(27)30(33)36/h2-14,21,24-25,27-28H,15-17H2,1H3,(H,32,34)/t21-,24+,25+,27+,28-/m0/s1. The molecule has 0 unspecified atom stereocenters. The molecule has 2 saturated carbocycles. The van der Waals surface area contributed by atoms with Crippen molar-refractivity contribution in [3.63, 3.8) is 0 Å². The Hall–Kier alpha value is -4.26. The lowest BCUT2D eigenvalue weighted by Gasteiger charge is -2.28. The number of hydrogen-bond donors (Lipinski definition) is 1. The zero-order chi connectivity index (χ0) is 26.4. The number of ether oxygens (including phenoxy) is 1. The summed E-state index contributed by atoms with van der Waals surface area (Å²) < 4.78 is 5.15. The normalized spacial score (nSPS) is 25.4. The number of nitrogens with zero attached hydrogens (tertiary/aromatic N) is 1. The molecule has 0 aromatic heterocycles. The number of carbonyl (C=O) groups excluding carboxylic acids is 4. The number of imide groups is 1. The maximum atomic E-state index is 13.5. The highest BCUT2D eigenvalue weighted by molar-refractivity contribution is 6.22. The number of aryl methyl sites for hydroxylation is 1. The van der Waals surface area contributed by atoms with Crippen molar-refractivity contribution in [2.24, 2.45) is 23.7 Å². The van der Waals surface area contributed by atoms with E-state index in [9.17, 15) is 19.2 Å². The van der Waals surface area contributed by atoms with Crippen LogP contribution in [-0.4, -0.2) is 30.3 Å². The molecule has 1 aliphatic heterocycles. The second-order valence-corrected chi connectivity index (χ2v) is 10.5. The minimum Gasteiger partial charge on any atom is -0.452 e. The third-order valence-corrected chi connectivity index (χ3v) is 8.24. The smallest absolute Gasteiger partial charge is 0.338 e. The predicted molar refractivity (Wildman–Crippen MR) is 141 cm³/mol. The molecule has 3 fully saturated rings. The van der Waals surface area contributed by atoms with Gasteiger partial charge in [-0.1, -0.05) is 42.5 Å². The maximum Gasteiger partial charge on any atom is 0.338 e. The molecule has 3 aromatic rings. The summed E-state index contributed by atoms with van der Waals surface area (Å²) in [6.07, 6.45) is 1.85. The van der Waals surface area contributed by atoms with E-state index in [0.717, 1.165) is 18.4 Å². The van der Waals surface area contributed by atoms with Crippen LogP contribution in [0.1, 0.15) is 40.2 Å². The van der Waals surface area contributed by atoms with E-state index in [1.165, 1.54) is 22.6 Å². The van der Waals surface area contributed by atoms with Gasteiger partial charge in [-0.15, -0.1) is 0 Å². The monoisotopic (exact) mass is 508 g/mol. The van der Waals surface area contributed by atoms with Gasteiger partial charge < -0.3 is 10.1 Å². The van der Waals surface area contributed by atoms with Crippen molar-refractivity contribution in [2.45, 2.75) is 25.7 Å². The summed E-state index contributed by atoms with van der Waals surface area (Å²) in [6.45, 7) is 1.49. The molecule has 3 aromatic carbocycles. The Bertz CT molecular complexity index is 1420. The lowest BCUT2D eigenvalue weighted by molar-refractivity contribution is -0.123. The van der Waals surface area contributed by atoms with E-state index in [1.807, 2.05) is 43.3 Å². The summed E-state index contributed by atoms with van der Waals surface area (Å²) in [7, 11) is 0. The minimum atomic E-state index is -0.657. The summed E-state index contributed by atoms with van der Waals surface area (Å²) in [4.78, 5) is 52.8. The summed E-state index contributed by atoms with van der Waals surface area (Å²) in [5.41, 5.74) is 3.57. The van der Waals surface area contributed by atoms with Crippen LogP contribution in [0, 0.1) is 30.6 Å². The van der Waals surface area contributed by atoms with Crippen molar-refractivity contribution >= 4 is 35.1 Å². The Balaban J connectivity index is 1.10. The average molecular weight is 509 g/mol. The third kappa shape index (κ3) is 4.18. The first-order chi connectivity index (χ1) is 18.4. The topological polar surface area (TPSA) is 92.8 Å². The fraction of sp³-hybridized carbons (Fsp3) is 0.290. The van der Waals surface area contributed by atoms with Gasteiger partial charge in [0.25, 0.3) is 5.91 Å². The molecule has 1 N–H and O–H groups in total. The van der Waals surface area contributed by atoms with E-state index in [2.05, 4.69) is 17.4 Å². The van der Waals surface area contributed by atoms with E-state index in [4.69, 9.17) is 4.74 Å². The number of rotatable bonds is 6. The van der Waals surface area contributed by atoms with Crippen LogP contribution >= 0.6 is 0 Å². The SMILES string of the molecule is Cc1cccc(NC(=O)COC(=O)c2ccc(N3C(=O)[C@@H]4[C@@H]5C[C@@H]([C@@H]4C3=O)[C@@H](c3ccccc3)C5)cc2)c1. The van der Waals surface area contributed by atoms with Crippen LogP contribution < -0.4 is 10.2 Å². The van der Waals surface area contributed by atoms with Crippen LogP contribution in [0.25, 0.3) is 0 Å². The Kier molecular flexibility index (Phi) is 6.06. The number of carbonyl (C=O) groups is 4. The van der Waals surface area contributed by atoms with Crippen LogP contribution in [0.2, 0.25) is 0 Å². The molecule has 0 radical (unpaired) electrons. The van der Waals surface area contributed by atoms with Gasteiger partial charge in [0.15, 0.2) is 6.61 Å². The van der Waals surface area contributed by atoms with Crippen molar-refractivity contribution in [3.05, 3.63) is 95.6 Å². The Morgan fingerprint density at radius 3 is 2.37 bits per heavy atom. The number of nitrogens with one attached hydrogen (secondary N) is 1. The summed E-state index contributed by atoms with van der Waals surface area (Å²) in [5, 5.41) is 2.69. The molecule has 0 spiro atoms. The zero-order valence-corrected chi connectivity index (χ0v) is 21.0. The Morgan fingerprint density at radius 2 is 1.63 bits per heavy atom. The van der Waals surface area contributed by atoms with Crippen molar-refractivity contribution in [1.82, 2.24) is 0 Å². The molecular weight excluding hydrogens is 480 g/mol. The van der Waals surface area contributed by atoms with E-state index in [0.29, 0.717) is 17.3 Å². The molecule has 38 heavy (non-hydrogen) atoms. The van der Waals surface area contributed by atoms with Gasteiger partial charge in [-0.3, -0.25) is 19.3 Å². The fourth-order valence-corrected chi connectivity index (χ4v) is 6.68. The highest BCUT2D eigenvalue weighted by Crippen LogP contribution is 2.61. The number of benzene rings is 3. The molecule has 1 heterocycles. The van der Waals surface area contributed by atoms with Crippen molar-refractivity contribution in [3.8, 4) is 0 Å². The number of amides is 3. The quantitative estimate of drug-likeness (QED) is 0.384. The third-order valence-electron chi connectivity index (χ3n) is 8.24. The molecular formula is C31H28N2O5. The van der Waals surface area contributed by atoms with Gasteiger partial charge >= 0.3 is 5.97 Å². The molecule has 2 aliphatic carbocycles. The van der Waals surface area contributed by atoms with Gasteiger partial charge in [0.1, 0.15) is 0 Å². The highest BCUT2D eigenvalue weighted by atomic mass is 16.5. The van der Waals surface area contributed by atoms with Crippen LogP contribution in [0.4, 0.5) is 11.4 Å². The molecule has 6 rings (SSSR count). The summed E-state index contributed by atoms with van der Waals surface area (Å²) in [5.74, 6) is -1.23. The second-order valence-electron chi connectivity index (χ2n) is 10.5. The average Bonchev–Trinajstić information content (AvgIpc) is 3.59. The van der Waals surface area contributed by atoms with Gasteiger partial charge in [-0.05, 0) is 85.0 Å².